The predicted octanol–water partition coefficient (Wildman–Crippen LogP) is 3.03. The van der Waals surface area contributed by atoms with Gasteiger partial charge in [0.1, 0.15) is 5.76 Å². The first-order valence-corrected chi connectivity index (χ1v) is 9.40. The van der Waals surface area contributed by atoms with Crippen LogP contribution in [0.2, 0.25) is 0 Å². The molecule has 154 valence electrons. The van der Waals surface area contributed by atoms with Crippen molar-refractivity contribution in [1.29, 1.82) is 0 Å². The molecule has 1 aromatic heterocycles. The van der Waals surface area contributed by atoms with E-state index >= 15 is 0 Å². The van der Waals surface area contributed by atoms with Gasteiger partial charge < -0.3 is 20.5 Å². The monoisotopic (exact) mass is 499 g/mol. The Morgan fingerprint density at radius 3 is 2.50 bits per heavy atom. The van der Waals surface area contributed by atoms with E-state index in [0.717, 1.165) is 35.4 Å². The molecule has 8 heteroatoms. The number of amides is 1. The van der Waals surface area contributed by atoms with Crippen LogP contribution in [0.15, 0.2) is 33.8 Å². The van der Waals surface area contributed by atoms with Gasteiger partial charge in [-0.2, -0.15) is 0 Å². The number of aromatic nitrogens is 1. The summed E-state index contributed by atoms with van der Waals surface area (Å²) in [5.74, 6) is 1.53. The molecule has 7 nitrogen and oxygen atoms in total. The van der Waals surface area contributed by atoms with Gasteiger partial charge in [-0.05, 0) is 31.0 Å². The molecule has 1 aromatic carbocycles. The molecular formula is C20H30IN5O2. The van der Waals surface area contributed by atoms with Crippen molar-refractivity contribution in [2.75, 3.05) is 13.6 Å². The fraction of sp³-hybridized carbons (Fsp3) is 0.450. The Kier molecular flexibility index (Phi) is 10.6. The van der Waals surface area contributed by atoms with Crippen LogP contribution < -0.4 is 16.0 Å². The Morgan fingerprint density at radius 2 is 1.86 bits per heavy atom. The summed E-state index contributed by atoms with van der Waals surface area (Å²) < 4.78 is 5.40. The molecule has 0 unspecified atom stereocenters. The van der Waals surface area contributed by atoms with E-state index in [4.69, 9.17) is 4.52 Å². The van der Waals surface area contributed by atoms with Crippen LogP contribution in [0.1, 0.15) is 53.7 Å². The number of carbonyl (C=O) groups is 1. The van der Waals surface area contributed by atoms with Gasteiger partial charge >= 0.3 is 0 Å². The summed E-state index contributed by atoms with van der Waals surface area (Å²) in [6.45, 7) is 7.81. The maximum absolute atomic E-state index is 12.0. The zero-order valence-electron chi connectivity index (χ0n) is 17.0. The van der Waals surface area contributed by atoms with Gasteiger partial charge in [-0.1, -0.05) is 31.1 Å². The largest absolute Gasteiger partial charge is 0.361 e. The highest BCUT2D eigenvalue weighted by Gasteiger charge is 2.13. The first-order valence-electron chi connectivity index (χ1n) is 9.40. The lowest BCUT2D eigenvalue weighted by atomic mass is 10.1. The molecular weight excluding hydrogens is 469 g/mol. The molecule has 2 rings (SSSR count). The van der Waals surface area contributed by atoms with Crippen LogP contribution in [0.25, 0.3) is 0 Å². The number of carbonyl (C=O) groups excluding carboxylic acids is 1. The summed E-state index contributed by atoms with van der Waals surface area (Å²) in [5, 5.41) is 13.5. The third-order valence-electron chi connectivity index (χ3n) is 4.25. The average molecular weight is 499 g/mol. The van der Waals surface area contributed by atoms with E-state index in [1.165, 1.54) is 0 Å². The quantitative estimate of drug-likeness (QED) is 0.295. The minimum Gasteiger partial charge on any atom is -0.361 e. The summed E-state index contributed by atoms with van der Waals surface area (Å²) >= 11 is 0. The Labute approximate surface area is 183 Å². The second kappa shape index (κ2) is 12.4. The Bertz CT molecular complexity index is 767. The van der Waals surface area contributed by atoms with Gasteiger partial charge in [-0.3, -0.25) is 9.79 Å². The fourth-order valence-electron chi connectivity index (χ4n) is 2.80. The summed E-state index contributed by atoms with van der Waals surface area (Å²) in [6.07, 6.45) is 1.64. The number of hydrogen-bond donors (Lipinski definition) is 3. The summed E-state index contributed by atoms with van der Waals surface area (Å²) in [7, 11) is 1.73. The summed E-state index contributed by atoms with van der Waals surface area (Å²) in [6, 6.07) is 7.56. The smallest absolute Gasteiger partial charge is 0.251 e. The highest BCUT2D eigenvalue weighted by Crippen LogP contribution is 2.15. The number of halogens is 1. The first kappa shape index (κ1) is 23.9. The summed E-state index contributed by atoms with van der Waals surface area (Å²) in [5.41, 5.74) is 3.74. The van der Waals surface area contributed by atoms with E-state index in [-0.39, 0.29) is 29.9 Å². The van der Waals surface area contributed by atoms with Crippen molar-refractivity contribution >= 4 is 35.8 Å². The van der Waals surface area contributed by atoms with Crippen LogP contribution in [-0.4, -0.2) is 30.6 Å². The molecule has 3 N–H and O–H groups in total. The Balaban J connectivity index is 0.00000392. The van der Waals surface area contributed by atoms with E-state index in [1.807, 2.05) is 31.2 Å². The van der Waals surface area contributed by atoms with Crippen LogP contribution in [0, 0.1) is 0 Å². The summed E-state index contributed by atoms with van der Waals surface area (Å²) in [4.78, 5) is 16.2. The number of aryl methyl sites for hydroxylation is 2. The number of nitrogens with zero attached hydrogens (tertiary/aromatic N) is 2. The Hall–Kier alpha value is -2.10. The van der Waals surface area contributed by atoms with E-state index in [1.54, 1.807) is 7.05 Å². The topological polar surface area (TPSA) is 91.5 Å². The number of rotatable bonds is 8. The van der Waals surface area contributed by atoms with Crippen molar-refractivity contribution in [2.24, 2.45) is 4.99 Å². The van der Waals surface area contributed by atoms with Crippen molar-refractivity contribution in [3.05, 3.63) is 52.4 Å². The minimum absolute atomic E-state index is 0. The molecule has 0 aliphatic carbocycles. The molecule has 0 aliphatic rings. The van der Waals surface area contributed by atoms with Crippen LogP contribution in [0.4, 0.5) is 0 Å². The van der Waals surface area contributed by atoms with Crippen molar-refractivity contribution in [3.8, 4) is 0 Å². The third-order valence-corrected chi connectivity index (χ3v) is 4.25. The maximum atomic E-state index is 12.0. The lowest BCUT2D eigenvalue weighted by Crippen LogP contribution is -2.36. The zero-order valence-corrected chi connectivity index (χ0v) is 19.3. The molecule has 0 aliphatic heterocycles. The number of hydrogen-bond acceptors (Lipinski definition) is 4. The first-order chi connectivity index (χ1) is 13.1. The van der Waals surface area contributed by atoms with Crippen molar-refractivity contribution in [1.82, 2.24) is 21.1 Å². The van der Waals surface area contributed by atoms with E-state index in [0.29, 0.717) is 31.2 Å². The van der Waals surface area contributed by atoms with Crippen LogP contribution in [0.5, 0.6) is 0 Å². The number of aliphatic imine (C=N–C) groups is 1. The van der Waals surface area contributed by atoms with Gasteiger partial charge in [0.25, 0.3) is 5.91 Å². The molecule has 0 atom stereocenters. The van der Waals surface area contributed by atoms with Gasteiger partial charge in [0.15, 0.2) is 5.96 Å². The van der Waals surface area contributed by atoms with Crippen molar-refractivity contribution in [2.45, 2.75) is 46.7 Å². The fourth-order valence-corrected chi connectivity index (χ4v) is 2.80. The standard InChI is InChI=1S/C20H29N5O2.HI/c1-5-17-16(18(6-2)27-25-17)13-24-20(21-4)23-12-14-9-8-10-15(11-14)19(26)22-7-3;/h8-11H,5-7,12-13H2,1-4H3,(H,22,26)(H2,21,23,24);1H. The number of guanidine groups is 1. The molecule has 0 fully saturated rings. The zero-order chi connectivity index (χ0) is 19.6. The van der Waals surface area contributed by atoms with Gasteiger partial charge in [0, 0.05) is 44.2 Å². The lowest BCUT2D eigenvalue weighted by molar-refractivity contribution is 0.0955. The molecule has 0 bridgehead atoms. The van der Waals surface area contributed by atoms with Crippen LogP contribution in [-0.2, 0) is 25.9 Å². The van der Waals surface area contributed by atoms with Gasteiger partial charge in [0.2, 0.25) is 0 Å². The predicted molar refractivity (Wildman–Crippen MR) is 122 cm³/mol. The lowest BCUT2D eigenvalue weighted by Gasteiger charge is -2.13. The van der Waals surface area contributed by atoms with Crippen LogP contribution in [0.3, 0.4) is 0 Å². The minimum atomic E-state index is -0.0616. The molecule has 0 saturated heterocycles. The van der Waals surface area contributed by atoms with E-state index in [2.05, 4.69) is 39.9 Å². The highest BCUT2D eigenvalue weighted by atomic mass is 127. The number of nitrogens with one attached hydrogen (secondary N) is 3. The molecule has 1 heterocycles. The van der Waals surface area contributed by atoms with Gasteiger partial charge in [0.05, 0.1) is 5.69 Å². The molecule has 0 radical (unpaired) electrons. The SMILES string of the molecule is CCNC(=O)c1cccc(CNC(=NC)NCc2c(CC)noc2CC)c1.I. The number of benzene rings is 1. The maximum Gasteiger partial charge on any atom is 0.251 e. The molecule has 28 heavy (non-hydrogen) atoms. The van der Waals surface area contributed by atoms with Crippen molar-refractivity contribution in [3.63, 3.8) is 0 Å². The average Bonchev–Trinajstić information content (AvgIpc) is 3.10. The highest BCUT2D eigenvalue weighted by molar-refractivity contribution is 14.0. The second-order valence-corrected chi connectivity index (χ2v) is 6.08. The van der Waals surface area contributed by atoms with Crippen LogP contribution >= 0.6 is 24.0 Å². The normalized spacial score (nSPS) is 10.9. The second-order valence-electron chi connectivity index (χ2n) is 6.08. The third kappa shape index (κ3) is 6.50. The van der Waals surface area contributed by atoms with E-state index < -0.39 is 0 Å². The molecule has 0 spiro atoms. The molecule has 1 amide bonds. The molecule has 0 saturated carbocycles. The molecule has 2 aromatic rings. The Morgan fingerprint density at radius 1 is 1.11 bits per heavy atom. The van der Waals surface area contributed by atoms with E-state index in [9.17, 15) is 4.79 Å². The van der Waals surface area contributed by atoms with Crippen molar-refractivity contribution < 1.29 is 9.32 Å². The van der Waals surface area contributed by atoms with Gasteiger partial charge in [-0.25, -0.2) is 0 Å². The van der Waals surface area contributed by atoms with Gasteiger partial charge in [-0.15, -0.1) is 24.0 Å².